The van der Waals surface area contributed by atoms with E-state index in [1.165, 1.54) is 11.1 Å². The second-order valence-electron chi connectivity index (χ2n) is 4.78. The van der Waals surface area contributed by atoms with E-state index in [-0.39, 0.29) is 11.9 Å². The topological polar surface area (TPSA) is 57.8 Å². The number of rotatable bonds is 2. The van der Waals surface area contributed by atoms with Crippen LogP contribution < -0.4 is 5.32 Å². The van der Waals surface area contributed by atoms with Crippen LogP contribution in [0.5, 0.6) is 0 Å². The number of hydrogen-bond acceptors (Lipinski definition) is 2. The molecule has 1 heterocycles. The zero-order valence-electron chi connectivity index (χ0n) is 10.2. The number of benzene rings is 1. The zero-order chi connectivity index (χ0) is 12.5. The second-order valence-corrected chi connectivity index (χ2v) is 4.78. The third-order valence-electron chi connectivity index (χ3n) is 3.32. The largest absolute Gasteiger partial charge is 0.347 e. The molecule has 0 radical (unpaired) electrons. The fourth-order valence-electron chi connectivity index (χ4n) is 2.45. The van der Waals surface area contributed by atoms with E-state index in [0.717, 1.165) is 18.5 Å². The molecule has 4 heteroatoms. The van der Waals surface area contributed by atoms with Crippen molar-refractivity contribution in [1.29, 1.82) is 0 Å². The molecule has 0 saturated carbocycles. The van der Waals surface area contributed by atoms with Gasteiger partial charge < -0.3 is 5.32 Å². The summed E-state index contributed by atoms with van der Waals surface area (Å²) in [7, 11) is 0. The number of nitrogens with zero attached hydrogens (tertiary/aromatic N) is 1. The molecule has 0 unspecified atom stereocenters. The Morgan fingerprint density at radius 1 is 1.33 bits per heavy atom. The summed E-state index contributed by atoms with van der Waals surface area (Å²) in [5.41, 5.74) is 4.03. The molecule has 0 atom stereocenters. The average molecular weight is 241 g/mol. The number of aromatic nitrogens is 2. The van der Waals surface area contributed by atoms with Crippen molar-refractivity contribution in [3.05, 3.63) is 52.8 Å². The molecule has 0 spiro atoms. The Kier molecular flexibility index (Phi) is 2.63. The van der Waals surface area contributed by atoms with Gasteiger partial charge >= 0.3 is 0 Å². The molecule has 0 bridgehead atoms. The lowest BCUT2D eigenvalue weighted by Gasteiger charge is -2.10. The van der Waals surface area contributed by atoms with Gasteiger partial charge in [-0.2, -0.15) is 5.10 Å². The molecule has 0 fully saturated rings. The summed E-state index contributed by atoms with van der Waals surface area (Å²) < 4.78 is 0. The predicted octanol–water partition coefficient (Wildman–Crippen LogP) is 1.62. The maximum Gasteiger partial charge on any atom is 0.272 e. The molecule has 1 aliphatic carbocycles. The Bertz CT molecular complexity index is 563. The molecular weight excluding hydrogens is 226 g/mol. The quantitative estimate of drug-likeness (QED) is 0.839. The molecule has 2 N–H and O–H groups in total. The molecule has 0 aliphatic heterocycles. The van der Waals surface area contributed by atoms with Gasteiger partial charge in [0.05, 0.1) is 0 Å². The zero-order valence-corrected chi connectivity index (χ0v) is 10.2. The van der Waals surface area contributed by atoms with Gasteiger partial charge in [-0.1, -0.05) is 24.3 Å². The average Bonchev–Trinajstić information content (AvgIpc) is 2.94. The maximum atomic E-state index is 12.0. The van der Waals surface area contributed by atoms with Gasteiger partial charge in [0.2, 0.25) is 0 Å². The van der Waals surface area contributed by atoms with Crippen molar-refractivity contribution in [3.63, 3.8) is 0 Å². The van der Waals surface area contributed by atoms with Crippen molar-refractivity contribution in [1.82, 2.24) is 15.5 Å². The van der Waals surface area contributed by atoms with Crippen LogP contribution in [0, 0.1) is 6.92 Å². The van der Waals surface area contributed by atoms with Crippen LogP contribution >= 0.6 is 0 Å². The first-order chi connectivity index (χ1) is 8.72. The van der Waals surface area contributed by atoms with Crippen LogP contribution in [0.4, 0.5) is 0 Å². The third kappa shape index (κ3) is 2.01. The Morgan fingerprint density at radius 2 is 2.00 bits per heavy atom. The number of H-pyrrole nitrogens is 1. The Morgan fingerprint density at radius 3 is 2.56 bits per heavy atom. The fourth-order valence-corrected chi connectivity index (χ4v) is 2.45. The summed E-state index contributed by atoms with van der Waals surface area (Å²) in [4.78, 5) is 12.0. The van der Waals surface area contributed by atoms with Crippen LogP contribution in [0.15, 0.2) is 30.3 Å². The highest BCUT2D eigenvalue weighted by atomic mass is 16.2. The van der Waals surface area contributed by atoms with Gasteiger partial charge in [0.1, 0.15) is 5.69 Å². The number of carbonyl (C=O) groups is 1. The van der Waals surface area contributed by atoms with E-state index in [1.807, 2.05) is 19.1 Å². The highest BCUT2D eigenvalue weighted by molar-refractivity contribution is 5.92. The van der Waals surface area contributed by atoms with Gasteiger partial charge in [0.15, 0.2) is 0 Å². The molecule has 0 saturated heterocycles. The number of nitrogens with one attached hydrogen (secondary N) is 2. The molecule has 92 valence electrons. The number of aromatic amines is 1. The van der Waals surface area contributed by atoms with E-state index in [2.05, 4.69) is 27.6 Å². The lowest BCUT2D eigenvalue weighted by molar-refractivity contribution is 0.0933. The smallest absolute Gasteiger partial charge is 0.272 e. The summed E-state index contributed by atoms with van der Waals surface area (Å²) >= 11 is 0. The van der Waals surface area contributed by atoms with Crippen LogP contribution in [0.3, 0.4) is 0 Å². The number of hydrogen-bond donors (Lipinski definition) is 2. The lowest BCUT2D eigenvalue weighted by Crippen LogP contribution is -2.35. The number of carbonyl (C=O) groups excluding carboxylic acids is 1. The number of aryl methyl sites for hydroxylation is 1. The van der Waals surface area contributed by atoms with E-state index < -0.39 is 0 Å². The van der Waals surface area contributed by atoms with E-state index in [9.17, 15) is 4.79 Å². The summed E-state index contributed by atoms with van der Waals surface area (Å²) in [6, 6.07) is 10.3. The van der Waals surface area contributed by atoms with Gasteiger partial charge in [0, 0.05) is 11.7 Å². The van der Waals surface area contributed by atoms with E-state index in [0.29, 0.717) is 5.69 Å². The minimum Gasteiger partial charge on any atom is -0.347 e. The van der Waals surface area contributed by atoms with Crippen LogP contribution in [-0.2, 0) is 12.8 Å². The van der Waals surface area contributed by atoms with E-state index in [1.54, 1.807) is 6.07 Å². The fraction of sp³-hybridized carbons (Fsp3) is 0.286. The highest BCUT2D eigenvalue weighted by Gasteiger charge is 2.23. The Hall–Kier alpha value is -2.10. The van der Waals surface area contributed by atoms with Crippen LogP contribution in [-0.4, -0.2) is 22.1 Å². The third-order valence-corrected chi connectivity index (χ3v) is 3.32. The molecule has 1 aromatic carbocycles. The van der Waals surface area contributed by atoms with E-state index in [4.69, 9.17) is 0 Å². The number of amides is 1. The van der Waals surface area contributed by atoms with Gasteiger partial charge in [-0.05, 0) is 37.0 Å². The summed E-state index contributed by atoms with van der Waals surface area (Å²) in [6.07, 6.45) is 1.82. The van der Waals surface area contributed by atoms with Crippen LogP contribution in [0.25, 0.3) is 0 Å². The first kappa shape index (κ1) is 11.0. The molecule has 4 nitrogen and oxygen atoms in total. The standard InChI is InChI=1S/C14H15N3O/c1-9-6-13(17-16-9)14(18)15-12-7-10-4-2-3-5-11(10)8-12/h2-6,12H,7-8H2,1H3,(H,15,18)(H,16,17). The summed E-state index contributed by atoms with van der Waals surface area (Å²) in [5.74, 6) is -0.0999. The van der Waals surface area contributed by atoms with Gasteiger partial charge in [-0.15, -0.1) is 0 Å². The first-order valence-corrected chi connectivity index (χ1v) is 6.12. The molecular formula is C14H15N3O. The first-order valence-electron chi connectivity index (χ1n) is 6.12. The molecule has 2 aromatic rings. The monoisotopic (exact) mass is 241 g/mol. The van der Waals surface area contributed by atoms with Crippen molar-refractivity contribution in [2.45, 2.75) is 25.8 Å². The van der Waals surface area contributed by atoms with Crippen molar-refractivity contribution in [3.8, 4) is 0 Å². The lowest BCUT2D eigenvalue weighted by atomic mass is 10.1. The molecule has 1 amide bonds. The van der Waals surface area contributed by atoms with Gasteiger partial charge in [-0.3, -0.25) is 9.89 Å². The molecule has 18 heavy (non-hydrogen) atoms. The summed E-state index contributed by atoms with van der Waals surface area (Å²) in [5, 5.41) is 9.78. The second kappa shape index (κ2) is 4.29. The minimum absolute atomic E-state index is 0.0999. The minimum atomic E-state index is -0.0999. The van der Waals surface area contributed by atoms with Crippen molar-refractivity contribution >= 4 is 5.91 Å². The predicted molar refractivity (Wildman–Crippen MR) is 68.4 cm³/mol. The van der Waals surface area contributed by atoms with Crippen molar-refractivity contribution in [2.75, 3.05) is 0 Å². The van der Waals surface area contributed by atoms with Gasteiger partial charge in [-0.25, -0.2) is 0 Å². The number of fused-ring (bicyclic) bond motifs is 1. The Labute approximate surface area is 105 Å². The maximum absolute atomic E-state index is 12.0. The van der Waals surface area contributed by atoms with Crippen LogP contribution in [0.2, 0.25) is 0 Å². The van der Waals surface area contributed by atoms with Crippen LogP contribution in [0.1, 0.15) is 27.3 Å². The van der Waals surface area contributed by atoms with Gasteiger partial charge in [0.25, 0.3) is 5.91 Å². The summed E-state index contributed by atoms with van der Waals surface area (Å²) in [6.45, 7) is 1.88. The molecule has 3 rings (SSSR count). The van der Waals surface area contributed by atoms with E-state index >= 15 is 0 Å². The normalized spacial score (nSPS) is 14.5. The highest BCUT2D eigenvalue weighted by Crippen LogP contribution is 2.21. The van der Waals surface area contributed by atoms with Crippen molar-refractivity contribution < 1.29 is 4.79 Å². The SMILES string of the molecule is Cc1cc(C(=O)NC2Cc3ccccc3C2)n[nH]1. The molecule has 1 aromatic heterocycles. The van der Waals surface area contributed by atoms with Crippen molar-refractivity contribution in [2.24, 2.45) is 0 Å². The molecule has 1 aliphatic rings. The Balaban J connectivity index is 1.68.